The van der Waals surface area contributed by atoms with E-state index in [4.69, 9.17) is 4.74 Å². The first-order valence-electron chi connectivity index (χ1n) is 11.5. The van der Waals surface area contributed by atoms with Crippen LogP contribution in [0.4, 0.5) is 5.69 Å². The Bertz CT molecular complexity index is 1280. The number of ether oxygens (including phenoxy) is 1. The van der Waals surface area contributed by atoms with Crippen molar-refractivity contribution in [3.05, 3.63) is 77.6 Å². The van der Waals surface area contributed by atoms with E-state index in [1.807, 2.05) is 42.5 Å². The molecule has 0 aliphatic carbocycles. The van der Waals surface area contributed by atoms with Gasteiger partial charge in [0.1, 0.15) is 11.6 Å². The summed E-state index contributed by atoms with van der Waals surface area (Å²) in [4.78, 5) is 12.5. The molecule has 0 aliphatic rings. The van der Waals surface area contributed by atoms with E-state index in [2.05, 4.69) is 52.1 Å². The van der Waals surface area contributed by atoms with Crippen LogP contribution < -0.4 is 10.1 Å². The van der Waals surface area contributed by atoms with Crippen molar-refractivity contribution < 1.29 is 9.53 Å². The molecule has 1 N–H and O–H groups in total. The number of hydrogen-bond acceptors (Lipinski definition) is 5. The number of fused-ring (bicyclic) bond motifs is 1. The van der Waals surface area contributed by atoms with Gasteiger partial charge in [0.05, 0.1) is 12.9 Å². The van der Waals surface area contributed by atoms with Crippen LogP contribution in [0.2, 0.25) is 0 Å². The van der Waals surface area contributed by atoms with Gasteiger partial charge in [-0.15, -0.1) is 10.2 Å². The van der Waals surface area contributed by atoms with Crippen LogP contribution in [0.5, 0.6) is 5.75 Å². The van der Waals surface area contributed by atoms with Crippen molar-refractivity contribution in [3.63, 3.8) is 0 Å². The lowest BCUT2D eigenvalue weighted by Gasteiger charge is -2.09. The average molecular weight is 475 g/mol. The summed E-state index contributed by atoms with van der Waals surface area (Å²) in [6.45, 7) is 4.92. The number of rotatable bonds is 10. The maximum absolute atomic E-state index is 12.5. The Hall–Kier alpha value is -3.32. The number of carbonyl (C=O) groups excluding carboxylic acids is 1. The number of methoxy groups -OCH3 is 1. The Morgan fingerprint density at radius 3 is 2.62 bits per heavy atom. The number of nitrogens with one attached hydrogen (secondary N) is 1. The first-order chi connectivity index (χ1) is 16.6. The lowest BCUT2D eigenvalue weighted by Crippen LogP contribution is -2.14. The molecule has 4 rings (SSSR count). The normalized spacial score (nSPS) is 11.0. The summed E-state index contributed by atoms with van der Waals surface area (Å²) in [5, 5.41) is 14.8. The van der Waals surface area contributed by atoms with Crippen molar-refractivity contribution >= 4 is 34.1 Å². The Morgan fingerprint density at radius 1 is 1.03 bits per heavy atom. The van der Waals surface area contributed by atoms with Gasteiger partial charge < -0.3 is 14.6 Å². The van der Waals surface area contributed by atoms with Crippen molar-refractivity contribution in [2.45, 2.75) is 44.8 Å². The highest BCUT2D eigenvalue weighted by Crippen LogP contribution is 2.22. The molecule has 176 valence electrons. The molecule has 0 spiro atoms. The minimum atomic E-state index is -0.0534. The van der Waals surface area contributed by atoms with Crippen LogP contribution in [0.25, 0.3) is 10.8 Å². The zero-order valence-electron chi connectivity index (χ0n) is 19.9. The van der Waals surface area contributed by atoms with Crippen LogP contribution in [-0.4, -0.2) is 33.5 Å². The molecule has 1 amide bonds. The fourth-order valence-corrected chi connectivity index (χ4v) is 4.89. The maximum atomic E-state index is 12.5. The fraction of sp³-hybridized carbons (Fsp3) is 0.296. The van der Waals surface area contributed by atoms with Crippen molar-refractivity contribution in [1.29, 1.82) is 0 Å². The van der Waals surface area contributed by atoms with Crippen molar-refractivity contribution in [3.8, 4) is 5.75 Å². The molecule has 0 radical (unpaired) electrons. The Morgan fingerprint density at radius 2 is 1.85 bits per heavy atom. The highest BCUT2D eigenvalue weighted by Gasteiger charge is 2.13. The lowest BCUT2D eigenvalue weighted by molar-refractivity contribution is -0.113. The molecule has 0 unspecified atom stereocenters. The number of carbonyl (C=O) groups is 1. The molecule has 6 nitrogen and oxygen atoms in total. The molecule has 0 bridgehead atoms. The predicted molar refractivity (Wildman–Crippen MR) is 139 cm³/mol. The quantitative estimate of drug-likeness (QED) is 0.300. The number of nitrogens with zero attached hydrogens (tertiary/aromatic N) is 3. The second-order valence-corrected chi connectivity index (χ2v) is 9.14. The summed E-state index contributed by atoms with van der Waals surface area (Å²) in [5.41, 5.74) is 3.24. The summed E-state index contributed by atoms with van der Waals surface area (Å²) in [6.07, 6.45) is 2.80. The summed E-state index contributed by atoms with van der Waals surface area (Å²) < 4.78 is 7.45. The number of benzene rings is 3. The number of thioether (sulfide) groups is 1. The monoisotopic (exact) mass is 474 g/mol. The molecule has 0 aliphatic heterocycles. The molecule has 7 heteroatoms. The van der Waals surface area contributed by atoms with E-state index in [-0.39, 0.29) is 11.7 Å². The number of hydrogen-bond donors (Lipinski definition) is 1. The largest absolute Gasteiger partial charge is 0.496 e. The fourth-order valence-electron chi connectivity index (χ4n) is 4.07. The van der Waals surface area contributed by atoms with Crippen molar-refractivity contribution in [1.82, 2.24) is 14.8 Å². The molecule has 0 saturated heterocycles. The molecule has 0 atom stereocenters. The van der Waals surface area contributed by atoms with Gasteiger partial charge >= 0.3 is 0 Å². The van der Waals surface area contributed by atoms with E-state index < -0.39 is 0 Å². The molecule has 3 aromatic carbocycles. The van der Waals surface area contributed by atoms with E-state index in [1.165, 1.54) is 17.3 Å². The maximum Gasteiger partial charge on any atom is 0.234 e. The summed E-state index contributed by atoms with van der Waals surface area (Å²) >= 11 is 1.42. The third kappa shape index (κ3) is 5.78. The first kappa shape index (κ1) is 23.8. The topological polar surface area (TPSA) is 69.0 Å². The smallest absolute Gasteiger partial charge is 0.234 e. The minimum absolute atomic E-state index is 0.0534. The minimum Gasteiger partial charge on any atom is -0.496 e. The van der Waals surface area contributed by atoms with Crippen LogP contribution in [0, 0.1) is 6.92 Å². The van der Waals surface area contributed by atoms with Gasteiger partial charge in [-0.05, 0) is 66.8 Å². The SMILES string of the molecule is CCn1c(CCCc2ccc(OC)c(C)c2)nnc1SCC(=O)Nc1ccc2ccccc2c1. The van der Waals surface area contributed by atoms with Crippen LogP contribution in [-0.2, 0) is 24.2 Å². The van der Waals surface area contributed by atoms with Gasteiger partial charge in [0.2, 0.25) is 5.91 Å². The second kappa shape index (κ2) is 11.2. The zero-order valence-corrected chi connectivity index (χ0v) is 20.7. The number of amides is 1. The molecule has 1 heterocycles. The number of aryl methyl sites for hydroxylation is 3. The average Bonchev–Trinajstić information content (AvgIpc) is 3.24. The van der Waals surface area contributed by atoms with E-state index in [9.17, 15) is 4.79 Å². The first-order valence-corrected chi connectivity index (χ1v) is 12.5. The van der Waals surface area contributed by atoms with Gasteiger partial charge in [0.15, 0.2) is 5.16 Å². The number of aromatic nitrogens is 3. The third-order valence-electron chi connectivity index (χ3n) is 5.80. The van der Waals surface area contributed by atoms with Gasteiger partial charge in [-0.3, -0.25) is 4.79 Å². The molecule has 34 heavy (non-hydrogen) atoms. The molecule has 0 fully saturated rings. The van der Waals surface area contributed by atoms with E-state index in [0.29, 0.717) is 0 Å². The van der Waals surface area contributed by atoms with E-state index >= 15 is 0 Å². The van der Waals surface area contributed by atoms with E-state index in [1.54, 1.807) is 7.11 Å². The van der Waals surface area contributed by atoms with Gasteiger partial charge in [0, 0.05) is 18.7 Å². The number of anilines is 1. The zero-order chi connectivity index (χ0) is 23.9. The summed E-state index contributed by atoms with van der Waals surface area (Å²) in [6, 6.07) is 20.4. The third-order valence-corrected chi connectivity index (χ3v) is 6.77. The van der Waals surface area contributed by atoms with Crippen LogP contribution >= 0.6 is 11.8 Å². The second-order valence-electron chi connectivity index (χ2n) is 8.20. The molecular weight excluding hydrogens is 444 g/mol. The van der Waals surface area contributed by atoms with Crippen LogP contribution in [0.15, 0.2) is 65.8 Å². The van der Waals surface area contributed by atoms with Crippen molar-refractivity contribution in [2.24, 2.45) is 0 Å². The van der Waals surface area contributed by atoms with Crippen LogP contribution in [0.3, 0.4) is 0 Å². The van der Waals surface area contributed by atoms with E-state index in [0.717, 1.165) is 64.6 Å². The molecular formula is C27H30N4O2S. The Balaban J connectivity index is 1.30. The van der Waals surface area contributed by atoms with Gasteiger partial charge in [-0.25, -0.2) is 0 Å². The van der Waals surface area contributed by atoms with Gasteiger partial charge in [-0.1, -0.05) is 54.2 Å². The summed E-state index contributed by atoms with van der Waals surface area (Å²) in [5.74, 6) is 2.11. The molecule has 0 saturated carbocycles. The Kier molecular flexibility index (Phi) is 7.85. The molecule has 4 aromatic rings. The standard InChI is InChI=1S/C27H30N4O2S/c1-4-31-25(11-7-8-20-12-15-24(33-3)19(2)16-20)29-30-27(31)34-18-26(32)28-23-14-13-21-9-5-6-10-22(21)17-23/h5-6,9-10,12-17H,4,7-8,11,18H2,1-3H3,(H,28,32). The van der Waals surface area contributed by atoms with Crippen LogP contribution in [0.1, 0.15) is 30.3 Å². The van der Waals surface area contributed by atoms with Gasteiger partial charge in [0.25, 0.3) is 0 Å². The highest BCUT2D eigenvalue weighted by molar-refractivity contribution is 7.99. The Labute approximate surface area is 204 Å². The summed E-state index contributed by atoms with van der Waals surface area (Å²) in [7, 11) is 1.70. The highest BCUT2D eigenvalue weighted by atomic mass is 32.2. The molecule has 1 aromatic heterocycles. The van der Waals surface area contributed by atoms with Crippen molar-refractivity contribution in [2.75, 3.05) is 18.2 Å². The lowest BCUT2D eigenvalue weighted by atomic mass is 10.0. The predicted octanol–water partition coefficient (Wildman–Crippen LogP) is 5.67. The van der Waals surface area contributed by atoms with Gasteiger partial charge in [-0.2, -0.15) is 0 Å².